The molecule has 2 aromatic carbocycles. The Kier molecular flexibility index (Phi) is 5.51. The summed E-state index contributed by atoms with van der Waals surface area (Å²) >= 11 is 15.5. The molecule has 0 aliphatic carbocycles. The van der Waals surface area contributed by atoms with Crippen LogP contribution in [0.5, 0.6) is 0 Å². The highest BCUT2D eigenvalue weighted by Crippen LogP contribution is 2.35. The molecular weight excluding hydrogens is 377 g/mol. The number of esters is 1. The van der Waals surface area contributed by atoms with E-state index in [0.717, 1.165) is 15.7 Å². The zero-order valence-corrected chi connectivity index (χ0v) is 14.2. The average Bonchev–Trinajstić information content (AvgIpc) is 2.52. The first-order valence-corrected chi connectivity index (χ1v) is 7.62. The number of anilines is 1. The largest absolute Gasteiger partial charge is 0.465 e. The number of ether oxygens (including phenoxy) is 1. The van der Waals surface area contributed by atoms with Crippen molar-refractivity contribution in [1.82, 2.24) is 0 Å². The minimum Gasteiger partial charge on any atom is -0.465 e. The molecule has 2 rings (SSSR count). The minimum atomic E-state index is -0.350. The van der Waals surface area contributed by atoms with Crippen molar-refractivity contribution in [1.29, 1.82) is 0 Å². The summed E-state index contributed by atoms with van der Waals surface area (Å²) < 4.78 is 5.41. The van der Waals surface area contributed by atoms with Gasteiger partial charge in [-0.3, -0.25) is 0 Å². The van der Waals surface area contributed by atoms with Crippen LogP contribution in [0.1, 0.15) is 15.9 Å². The predicted molar refractivity (Wildman–Crippen MR) is 89.3 cm³/mol. The molecule has 0 aliphatic rings. The Morgan fingerprint density at radius 3 is 2.43 bits per heavy atom. The lowest BCUT2D eigenvalue weighted by Crippen LogP contribution is -2.03. The smallest absolute Gasteiger partial charge is 0.337 e. The molecule has 0 amide bonds. The van der Waals surface area contributed by atoms with Gasteiger partial charge in [-0.2, -0.15) is 0 Å². The van der Waals surface area contributed by atoms with Crippen molar-refractivity contribution in [2.24, 2.45) is 0 Å². The molecule has 0 fully saturated rings. The molecule has 0 saturated heterocycles. The fourth-order valence-electron chi connectivity index (χ4n) is 1.74. The molecule has 0 aliphatic heterocycles. The van der Waals surface area contributed by atoms with Gasteiger partial charge in [0.25, 0.3) is 0 Å². The van der Waals surface area contributed by atoms with Gasteiger partial charge in [0.1, 0.15) is 0 Å². The van der Waals surface area contributed by atoms with Gasteiger partial charge >= 0.3 is 5.97 Å². The summed E-state index contributed by atoms with van der Waals surface area (Å²) in [5.74, 6) is -0.350. The quantitative estimate of drug-likeness (QED) is 0.581. The molecule has 3 nitrogen and oxygen atoms in total. The van der Waals surface area contributed by atoms with Crippen LogP contribution in [-0.2, 0) is 11.3 Å². The van der Waals surface area contributed by atoms with Crippen molar-refractivity contribution in [3.63, 3.8) is 0 Å². The molecule has 0 unspecified atom stereocenters. The molecule has 110 valence electrons. The molecule has 6 heteroatoms. The van der Waals surface area contributed by atoms with Crippen molar-refractivity contribution in [2.75, 3.05) is 12.4 Å². The van der Waals surface area contributed by atoms with Crippen LogP contribution in [0.25, 0.3) is 0 Å². The Labute approximate surface area is 141 Å². The molecule has 0 spiro atoms. The predicted octanol–water partition coefficient (Wildman–Crippen LogP) is 5.15. The third-order valence-corrected chi connectivity index (χ3v) is 4.66. The van der Waals surface area contributed by atoms with Crippen molar-refractivity contribution in [2.45, 2.75) is 6.54 Å². The van der Waals surface area contributed by atoms with E-state index in [0.29, 0.717) is 22.2 Å². The second kappa shape index (κ2) is 7.16. The van der Waals surface area contributed by atoms with Gasteiger partial charge in [-0.1, -0.05) is 35.3 Å². The van der Waals surface area contributed by atoms with Gasteiger partial charge in [0, 0.05) is 11.0 Å². The van der Waals surface area contributed by atoms with Crippen LogP contribution in [0.15, 0.2) is 40.9 Å². The van der Waals surface area contributed by atoms with E-state index >= 15 is 0 Å². The number of carbonyl (C=O) groups excluding carboxylic acids is 1. The number of benzene rings is 2. The standard InChI is InChI=1S/C15H12BrCl2NO2/c1-21-15(20)10-4-2-9(3-5-10)8-19-12-7-6-11(16)13(17)14(12)18/h2-7,19H,8H2,1H3. The molecule has 21 heavy (non-hydrogen) atoms. The molecule has 0 radical (unpaired) electrons. The van der Waals surface area contributed by atoms with E-state index in [2.05, 4.69) is 26.0 Å². The number of hydrogen-bond donors (Lipinski definition) is 1. The number of halogens is 3. The molecule has 1 N–H and O–H groups in total. The van der Waals surface area contributed by atoms with Crippen molar-refractivity contribution in [3.05, 3.63) is 62.0 Å². The molecule has 0 bridgehead atoms. The Balaban J connectivity index is 2.07. The SMILES string of the molecule is COC(=O)c1ccc(CNc2ccc(Br)c(Cl)c2Cl)cc1. The number of rotatable bonds is 4. The summed E-state index contributed by atoms with van der Waals surface area (Å²) in [6.07, 6.45) is 0. The first-order chi connectivity index (χ1) is 10.0. The first-order valence-electron chi connectivity index (χ1n) is 6.07. The van der Waals surface area contributed by atoms with Crippen LogP contribution < -0.4 is 5.32 Å². The fraction of sp³-hybridized carbons (Fsp3) is 0.133. The summed E-state index contributed by atoms with van der Waals surface area (Å²) in [5, 5.41) is 4.15. The van der Waals surface area contributed by atoms with Gasteiger partial charge in [0.15, 0.2) is 0 Å². The normalized spacial score (nSPS) is 10.3. The van der Waals surface area contributed by atoms with E-state index in [-0.39, 0.29) is 5.97 Å². The Hall–Kier alpha value is -1.23. The van der Waals surface area contributed by atoms with Gasteiger partial charge in [-0.05, 0) is 45.8 Å². The molecule has 0 atom stereocenters. The van der Waals surface area contributed by atoms with Crippen LogP contribution in [0, 0.1) is 0 Å². The highest BCUT2D eigenvalue weighted by Gasteiger charge is 2.08. The zero-order chi connectivity index (χ0) is 15.4. The highest BCUT2D eigenvalue weighted by atomic mass is 79.9. The lowest BCUT2D eigenvalue weighted by Gasteiger charge is -2.10. The molecule has 0 heterocycles. The summed E-state index contributed by atoms with van der Waals surface area (Å²) in [6.45, 7) is 0.569. The van der Waals surface area contributed by atoms with Crippen LogP contribution in [-0.4, -0.2) is 13.1 Å². The van der Waals surface area contributed by atoms with Crippen molar-refractivity contribution >= 4 is 50.8 Å². The maximum absolute atomic E-state index is 11.3. The summed E-state index contributed by atoms with van der Waals surface area (Å²) in [7, 11) is 1.36. The van der Waals surface area contributed by atoms with Gasteiger partial charge in [-0.25, -0.2) is 4.79 Å². The number of carbonyl (C=O) groups is 1. The van der Waals surface area contributed by atoms with Crippen LogP contribution in [0.3, 0.4) is 0 Å². The first kappa shape index (κ1) is 16.1. The number of methoxy groups -OCH3 is 1. The zero-order valence-electron chi connectivity index (χ0n) is 11.1. The number of nitrogens with one attached hydrogen (secondary N) is 1. The summed E-state index contributed by atoms with van der Waals surface area (Å²) in [4.78, 5) is 11.3. The second-order valence-corrected chi connectivity index (χ2v) is 5.88. The maximum atomic E-state index is 11.3. The average molecular weight is 389 g/mol. The fourth-order valence-corrected chi connectivity index (χ4v) is 2.58. The van der Waals surface area contributed by atoms with E-state index < -0.39 is 0 Å². The Bertz CT molecular complexity index is 659. The van der Waals surface area contributed by atoms with Crippen LogP contribution >= 0.6 is 39.1 Å². The van der Waals surface area contributed by atoms with E-state index in [1.165, 1.54) is 7.11 Å². The Morgan fingerprint density at radius 1 is 1.14 bits per heavy atom. The van der Waals surface area contributed by atoms with E-state index in [1.54, 1.807) is 12.1 Å². The Morgan fingerprint density at radius 2 is 1.81 bits per heavy atom. The monoisotopic (exact) mass is 387 g/mol. The molecular formula is C15H12BrCl2NO2. The lowest BCUT2D eigenvalue weighted by atomic mass is 10.1. The van der Waals surface area contributed by atoms with Crippen molar-refractivity contribution in [3.8, 4) is 0 Å². The van der Waals surface area contributed by atoms with Crippen LogP contribution in [0.4, 0.5) is 5.69 Å². The molecule has 2 aromatic rings. The third kappa shape index (κ3) is 3.90. The molecule has 0 aromatic heterocycles. The van der Waals surface area contributed by atoms with Crippen molar-refractivity contribution < 1.29 is 9.53 Å². The van der Waals surface area contributed by atoms with E-state index in [4.69, 9.17) is 23.2 Å². The maximum Gasteiger partial charge on any atom is 0.337 e. The molecule has 0 saturated carbocycles. The topological polar surface area (TPSA) is 38.3 Å². The minimum absolute atomic E-state index is 0.350. The van der Waals surface area contributed by atoms with Gasteiger partial charge in [0.05, 0.1) is 28.4 Å². The second-order valence-electron chi connectivity index (χ2n) is 4.26. The van der Waals surface area contributed by atoms with E-state index in [1.807, 2.05) is 24.3 Å². The third-order valence-electron chi connectivity index (χ3n) is 2.89. The summed E-state index contributed by atoms with van der Waals surface area (Å²) in [5.41, 5.74) is 2.28. The van der Waals surface area contributed by atoms with Gasteiger partial charge in [0.2, 0.25) is 0 Å². The van der Waals surface area contributed by atoms with Gasteiger partial charge in [-0.15, -0.1) is 0 Å². The van der Waals surface area contributed by atoms with E-state index in [9.17, 15) is 4.79 Å². The lowest BCUT2D eigenvalue weighted by molar-refractivity contribution is 0.0600. The summed E-state index contributed by atoms with van der Waals surface area (Å²) in [6, 6.07) is 10.8. The highest BCUT2D eigenvalue weighted by molar-refractivity contribution is 9.10. The van der Waals surface area contributed by atoms with Gasteiger partial charge < -0.3 is 10.1 Å². The number of hydrogen-bond acceptors (Lipinski definition) is 3. The van der Waals surface area contributed by atoms with Crippen LogP contribution in [0.2, 0.25) is 10.0 Å².